The van der Waals surface area contributed by atoms with Crippen molar-refractivity contribution in [2.45, 2.75) is 19.8 Å². The van der Waals surface area contributed by atoms with Crippen LogP contribution in [-0.4, -0.2) is 20.2 Å². The average molecular weight is 285 g/mol. The van der Waals surface area contributed by atoms with Crippen LogP contribution >= 0.6 is 15.9 Å². The van der Waals surface area contributed by atoms with Gasteiger partial charge in [-0.15, -0.1) is 5.10 Å². The molecule has 2 rings (SSSR count). The van der Waals surface area contributed by atoms with Crippen molar-refractivity contribution in [3.05, 3.63) is 34.3 Å². The minimum atomic E-state index is -0.303. The van der Waals surface area contributed by atoms with E-state index in [0.29, 0.717) is 4.47 Å². The van der Waals surface area contributed by atoms with Gasteiger partial charge in [0.25, 0.3) is 0 Å². The summed E-state index contributed by atoms with van der Waals surface area (Å²) in [6.45, 7) is 4.00. The summed E-state index contributed by atoms with van der Waals surface area (Å²) in [6.07, 6.45) is 0. The van der Waals surface area contributed by atoms with Crippen LogP contribution in [0.1, 0.15) is 25.6 Å². The number of nitrogens with zero attached hydrogens (tertiary/aromatic N) is 4. The van der Waals surface area contributed by atoms with Gasteiger partial charge in [0.05, 0.1) is 10.2 Å². The molecule has 0 aliphatic heterocycles. The summed E-state index contributed by atoms with van der Waals surface area (Å²) in [5.41, 5.74) is 0.738. The van der Waals surface area contributed by atoms with Gasteiger partial charge in [-0.2, -0.15) is 4.68 Å². The van der Waals surface area contributed by atoms with Crippen molar-refractivity contribution in [2.75, 3.05) is 0 Å². The first kappa shape index (κ1) is 11.2. The van der Waals surface area contributed by atoms with Gasteiger partial charge in [0.15, 0.2) is 5.82 Å². The summed E-state index contributed by atoms with van der Waals surface area (Å²) in [5.74, 6) is 0.653. The minimum Gasteiger partial charge on any atom is -0.206 e. The van der Waals surface area contributed by atoms with E-state index in [1.165, 1.54) is 6.07 Å². The van der Waals surface area contributed by atoms with Crippen LogP contribution in [0.4, 0.5) is 4.39 Å². The summed E-state index contributed by atoms with van der Waals surface area (Å²) < 4.78 is 15.1. The summed E-state index contributed by atoms with van der Waals surface area (Å²) in [6, 6.07) is 4.67. The molecule has 0 radical (unpaired) electrons. The van der Waals surface area contributed by atoms with Crippen molar-refractivity contribution in [3.63, 3.8) is 0 Å². The van der Waals surface area contributed by atoms with Crippen molar-refractivity contribution in [1.82, 2.24) is 20.2 Å². The maximum Gasteiger partial charge on any atom is 0.159 e. The van der Waals surface area contributed by atoms with E-state index in [-0.39, 0.29) is 11.7 Å². The molecule has 0 amide bonds. The van der Waals surface area contributed by atoms with Gasteiger partial charge in [-0.25, -0.2) is 4.39 Å². The molecular formula is C10H10BrFN4. The third-order valence-corrected chi connectivity index (χ3v) is 2.77. The molecule has 0 atom stereocenters. The molecule has 0 aliphatic rings. The third kappa shape index (κ3) is 1.97. The Bertz CT molecular complexity index is 509. The number of halogens is 2. The molecule has 0 saturated carbocycles. The van der Waals surface area contributed by atoms with Crippen LogP contribution in [-0.2, 0) is 0 Å². The first-order chi connectivity index (χ1) is 7.59. The van der Waals surface area contributed by atoms with Gasteiger partial charge in [0.1, 0.15) is 5.82 Å². The highest BCUT2D eigenvalue weighted by Crippen LogP contribution is 2.21. The number of rotatable bonds is 2. The number of hydrogen-bond donors (Lipinski definition) is 0. The number of tetrazole rings is 1. The Hall–Kier alpha value is -1.30. The van der Waals surface area contributed by atoms with Crippen molar-refractivity contribution >= 4 is 15.9 Å². The second kappa shape index (κ2) is 4.29. The summed E-state index contributed by atoms with van der Waals surface area (Å²) in [5, 5.41) is 11.5. The van der Waals surface area contributed by atoms with Crippen molar-refractivity contribution in [2.24, 2.45) is 0 Å². The summed E-state index contributed by atoms with van der Waals surface area (Å²) in [4.78, 5) is 0. The molecule has 4 nitrogen and oxygen atoms in total. The molecule has 0 bridgehead atoms. The van der Waals surface area contributed by atoms with Crippen LogP contribution in [0, 0.1) is 5.82 Å². The van der Waals surface area contributed by atoms with E-state index in [0.717, 1.165) is 11.5 Å². The molecule has 0 saturated heterocycles. The fraction of sp³-hybridized carbons (Fsp3) is 0.300. The third-order valence-electron chi connectivity index (χ3n) is 2.16. The number of hydrogen-bond acceptors (Lipinski definition) is 3. The Kier molecular flexibility index (Phi) is 3.00. The molecule has 0 aliphatic carbocycles. The van der Waals surface area contributed by atoms with Gasteiger partial charge in [-0.05, 0) is 44.6 Å². The predicted molar refractivity (Wildman–Crippen MR) is 60.9 cm³/mol. The summed E-state index contributed by atoms with van der Waals surface area (Å²) >= 11 is 3.14. The molecule has 2 aromatic rings. The zero-order valence-corrected chi connectivity index (χ0v) is 10.4. The van der Waals surface area contributed by atoms with Gasteiger partial charge < -0.3 is 0 Å². The molecule has 0 unspecified atom stereocenters. The molecule has 0 spiro atoms. The Morgan fingerprint density at radius 3 is 2.75 bits per heavy atom. The average Bonchev–Trinajstić information content (AvgIpc) is 2.71. The van der Waals surface area contributed by atoms with E-state index >= 15 is 0 Å². The Morgan fingerprint density at radius 2 is 2.12 bits per heavy atom. The lowest BCUT2D eigenvalue weighted by Crippen LogP contribution is -2.04. The smallest absolute Gasteiger partial charge is 0.159 e. The zero-order valence-electron chi connectivity index (χ0n) is 8.85. The van der Waals surface area contributed by atoms with E-state index in [1.54, 1.807) is 16.8 Å². The first-order valence-electron chi connectivity index (χ1n) is 4.83. The minimum absolute atomic E-state index is 0.207. The van der Waals surface area contributed by atoms with Crippen LogP contribution in [0.15, 0.2) is 22.7 Å². The molecule has 84 valence electrons. The van der Waals surface area contributed by atoms with E-state index in [1.807, 2.05) is 13.8 Å². The predicted octanol–water partition coefficient (Wildman–Crippen LogP) is 2.69. The lowest BCUT2D eigenvalue weighted by atomic mass is 10.2. The topological polar surface area (TPSA) is 43.6 Å². The molecule has 1 aromatic carbocycles. The standard InChI is InChI=1S/C10H10BrFN4/c1-6(2)10-13-14-15-16(10)7-3-4-9(12)8(11)5-7/h3-6H,1-2H3. The van der Waals surface area contributed by atoms with Gasteiger partial charge >= 0.3 is 0 Å². The summed E-state index contributed by atoms with van der Waals surface area (Å²) in [7, 11) is 0. The van der Waals surface area contributed by atoms with Gasteiger partial charge in [0, 0.05) is 5.92 Å². The zero-order chi connectivity index (χ0) is 11.7. The highest BCUT2D eigenvalue weighted by atomic mass is 79.9. The molecule has 0 N–H and O–H groups in total. The van der Waals surface area contributed by atoms with E-state index in [9.17, 15) is 4.39 Å². The second-order valence-corrected chi connectivity index (χ2v) is 4.56. The molecule has 6 heteroatoms. The molecule has 1 heterocycles. The first-order valence-corrected chi connectivity index (χ1v) is 5.62. The Balaban J connectivity index is 2.50. The van der Waals surface area contributed by atoms with E-state index in [4.69, 9.17) is 0 Å². The monoisotopic (exact) mass is 284 g/mol. The number of benzene rings is 1. The molecule has 1 aromatic heterocycles. The molecule has 0 fully saturated rings. The second-order valence-electron chi connectivity index (χ2n) is 3.70. The normalized spacial score (nSPS) is 11.1. The van der Waals surface area contributed by atoms with E-state index in [2.05, 4.69) is 31.5 Å². The van der Waals surface area contributed by atoms with Crippen LogP contribution in [0.2, 0.25) is 0 Å². The van der Waals surface area contributed by atoms with Crippen molar-refractivity contribution in [3.8, 4) is 5.69 Å². The fourth-order valence-corrected chi connectivity index (χ4v) is 1.72. The van der Waals surface area contributed by atoms with Gasteiger partial charge in [-0.1, -0.05) is 13.8 Å². The van der Waals surface area contributed by atoms with Crippen LogP contribution in [0.3, 0.4) is 0 Å². The Morgan fingerprint density at radius 1 is 1.38 bits per heavy atom. The largest absolute Gasteiger partial charge is 0.206 e. The van der Waals surface area contributed by atoms with Crippen molar-refractivity contribution < 1.29 is 4.39 Å². The highest BCUT2D eigenvalue weighted by Gasteiger charge is 2.12. The van der Waals surface area contributed by atoms with Gasteiger partial charge in [0.2, 0.25) is 0 Å². The van der Waals surface area contributed by atoms with Gasteiger partial charge in [-0.3, -0.25) is 0 Å². The lowest BCUT2D eigenvalue weighted by molar-refractivity contribution is 0.619. The Labute approximate surface area is 101 Å². The molecular weight excluding hydrogens is 275 g/mol. The molecule has 16 heavy (non-hydrogen) atoms. The highest BCUT2D eigenvalue weighted by molar-refractivity contribution is 9.10. The quantitative estimate of drug-likeness (QED) is 0.852. The van der Waals surface area contributed by atoms with E-state index < -0.39 is 0 Å². The van der Waals surface area contributed by atoms with Crippen LogP contribution in [0.25, 0.3) is 5.69 Å². The fourth-order valence-electron chi connectivity index (χ4n) is 1.35. The van der Waals surface area contributed by atoms with Crippen molar-refractivity contribution in [1.29, 1.82) is 0 Å². The maximum absolute atomic E-state index is 13.1. The van der Waals surface area contributed by atoms with Crippen LogP contribution in [0.5, 0.6) is 0 Å². The maximum atomic E-state index is 13.1. The SMILES string of the molecule is CC(C)c1nnnn1-c1ccc(F)c(Br)c1. The number of aromatic nitrogens is 4. The lowest BCUT2D eigenvalue weighted by Gasteiger charge is -2.07. The van der Waals surface area contributed by atoms with Crippen LogP contribution < -0.4 is 0 Å².